The van der Waals surface area contributed by atoms with Crippen molar-refractivity contribution < 1.29 is 20.2 Å². The SMILES string of the molecule is C[C@@H](O)[C@H](N[C@H]1CCc2cc(C#Cc3ccc(Cn4ccnc4CCO)cc3)ccc21)C(=O)NO. The van der Waals surface area contributed by atoms with Crippen LogP contribution in [0.15, 0.2) is 54.9 Å². The van der Waals surface area contributed by atoms with Gasteiger partial charge in [-0.15, -0.1) is 0 Å². The normalized spacial score (nSPS) is 16.2. The van der Waals surface area contributed by atoms with Crippen LogP contribution in [0.5, 0.6) is 0 Å². The van der Waals surface area contributed by atoms with Gasteiger partial charge < -0.3 is 14.8 Å². The molecule has 0 fully saturated rings. The number of aliphatic hydroxyl groups excluding tert-OH is 2. The molecule has 4 rings (SSSR count). The second-order valence-electron chi connectivity index (χ2n) is 8.76. The number of carbonyl (C=O) groups is 1. The number of aromatic nitrogens is 2. The summed E-state index contributed by atoms with van der Waals surface area (Å²) < 4.78 is 2.03. The van der Waals surface area contributed by atoms with E-state index in [0.717, 1.165) is 46.5 Å². The highest BCUT2D eigenvalue weighted by Crippen LogP contribution is 2.32. The number of nitrogens with zero attached hydrogens (tertiary/aromatic N) is 2. The molecule has 0 radical (unpaired) electrons. The molecule has 182 valence electrons. The number of hydroxylamine groups is 1. The summed E-state index contributed by atoms with van der Waals surface area (Å²) in [4.78, 5) is 16.1. The topological polar surface area (TPSA) is 120 Å². The third-order valence-corrected chi connectivity index (χ3v) is 6.27. The predicted octanol–water partition coefficient (Wildman–Crippen LogP) is 1.70. The van der Waals surface area contributed by atoms with Crippen LogP contribution in [-0.4, -0.2) is 49.6 Å². The Morgan fingerprint density at radius 2 is 1.94 bits per heavy atom. The molecule has 0 saturated heterocycles. The molecular formula is C27H30N4O4. The summed E-state index contributed by atoms with van der Waals surface area (Å²) in [5.74, 6) is 6.66. The molecule has 5 N–H and O–H groups in total. The van der Waals surface area contributed by atoms with E-state index in [0.29, 0.717) is 13.0 Å². The fourth-order valence-corrected chi connectivity index (χ4v) is 4.44. The molecule has 8 heteroatoms. The summed E-state index contributed by atoms with van der Waals surface area (Å²) in [6.45, 7) is 2.29. The number of nitrogens with one attached hydrogen (secondary N) is 2. The van der Waals surface area contributed by atoms with Crippen LogP contribution in [0, 0.1) is 11.8 Å². The molecular weight excluding hydrogens is 444 g/mol. The van der Waals surface area contributed by atoms with Crippen LogP contribution in [0.2, 0.25) is 0 Å². The molecule has 0 bridgehead atoms. The van der Waals surface area contributed by atoms with Gasteiger partial charge in [0, 0.05) is 42.5 Å². The number of carbonyl (C=O) groups excluding carboxylic acids is 1. The average Bonchev–Trinajstić information content (AvgIpc) is 3.48. The van der Waals surface area contributed by atoms with Gasteiger partial charge in [-0.25, -0.2) is 10.5 Å². The Hall–Kier alpha value is -3.48. The van der Waals surface area contributed by atoms with Crippen molar-refractivity contribution >= 4 is 5.91 Å². The van der Waals surface area contributed by atoms with E-state index in [1.165, 1.54) is 6.92 Å². The number of imidazole rings is 1. The zero-order chi connectivity index (χ0) is 24.8. The lowest BCUT2D eigenvalue weighted by molar-refractivity contribution is -0.134. The Balaban J connectivity index is 1.42. The Morgan fingerprint density at radius 1 is 1.20 bits per heavy atom. The van der Waals surface area contributed by atoms with Crippen molar-refractivity contribution in [2.45, 2.75) is 50.9 Å². The number of fused-ring (bicyclic) bond motifs is 1. The number of aliphatic hydroxyl groups is 2. The van der Waals surface area contributed by atoms with Gasteiger partial charge in [-0.3, -0.25) is 15.3 Å². The first kappa shape index (κ1) is 24.6. The number of hydrogen-bond donors (Lipinski definition) is 5. The molecule has 0 aliphatic heterocycles. The van der Waals surface area contributed by atoms with Gasteiger partial charge in [0.05, 0.1) is 12.7 Å². The maximum absolute atomic E-state index is 11.9. The van der Waals surface area contributed by atoms with E-state index in [1.807, 2.05) is 47.2 Å². The van der Waals surface area contributed by atoms with Crippen LogP contribution in [0.3, 0.4) is 0 Å². The van der Waals surface area contributed by atoms with E-state index >= 15 is 0 Å². The third kappa shape index (κ3) is 5.96. The second kappa shape index (κ2) is 11.3. The van der Waals surface area contributed by atoms with Crippen molar-refractivity contribution in [3.05, 3.63) is 88.5 Å². The van der Waals surface area contributed by atoms with Crippen LogP contribution < -0.4 is 10.8 Å². The van der Waals surface area contributed by atoms with Gasteiger partial charge in [0.15, 0.2) is 0 Å². The maximum atomic E-state index is 11.9. The largest absolute Gasteiger partial charge is 0.396 e. The van der Waals surface area contributed by atoms with E-state index in [1.54, 1.807) is 11.7 Å². The molecule has 3 atom stereocenters. The fourth-order valence-electron chi connectivity index (χ4n) is 4.44. The maximum Gasteiger partial charge on any atom is 0.263 e. The lowest BCUT2D eigenvalue weighted by Gasteiger charge is -2.24. The van der Waals surface area contributed by atoms with Crippen LogP contribution in [0.25, 0.3) is 0 Å². The monoisotopic (exact) mass is 474 g/mol. The molecule has 1 aliphatic rings. The molecule has 1 aliphatic carbocycles. The summed E-state index contributed by atoms with van der Waals surface area (Å²) in [5, 5.41) is 31.1. The average molecular weight is 475 g/mol. The highest BCUT2D eigenvalue weighted by Gasteiger charge is 2.30. The third-order valence-electron chi connectivity index (χ3n) is 6.27. The van der Waals surface area contributed by atoms with Crippen LogP contribution in [-0.2, 0) is 24.2 Å². The molecule has 35 heavy (non-hydrogen) atoms. The minimum absolute atomic E-state index is 0.0780. The first-order valence-electron chi connectivity index (χ1n) is 11.7. The molecule has 0 spiro atoms. The minimum Gasteiger partial charge on any atom is -0.396 e. The standard InChI is InChI=1S/C27H30N4O4/c1-18(33)26(27(34)30-35)29-24-11-9-22-16-20(8-10-23(22)24)5-2-19-3-6-21(7-4-19)17-31-14-13-28-25(31)12-15-32/h3-4,6-8,10,13-14,16,18,24,26,29,32-33,35H,9,11-12,15,17H2,1H3,(H,30,34)/t18-,24+,26+/m1/s1. The molecule has 1 amide bonds. The molecule has 1 aromatic heterocycles. The molecule has 8 nitrogen and oxygen atoms in total. The van der Waals surface area contributed by atoms with E-state index in [2.05, 4.69) is 28.2 Å². The van der Waals surface area contributed by atoms with Crippen molar-refractivity contribution in [2.75, 3.05) is 6.61 Å². The number of aryl methyl sites for hydroxylation is 1. The second-order valence-corrected chi connectivity index (χ2v) is 8.76. The highest BCUT2D eigenvalue weighted by atomic mass is 16.5. The lowest BCUT2D eigenvalue weighted by atomic mass is 10.0. The van der Waals surface area contributed by atoms with Gasteiger partial charge in [-0.05, 0) is 60.7 Å². The Kier molecular flexibility index (Phi) is 7.95. The van der Waals surface area contributed by atoms with Crippen LogP contribution >= 0.6 is 0 Å². The smallest absolute Gasteiger partial charge is 0.263 e. The van der Waals surface area contributed by atoms with Crippen molar-refractivity contribution in [3.8, 4) is 11.8 Å². The molecule has 0 unspecified atom stereocenters. The van der Waals surface area contributed by atoms with E-state index in [-0.39, 0.29) is 12.6 Å². The van der Waals surface area contributed by atoms with Gasteiger partial charge >= 0.3 is 0 Å². The summed E-state index contributed by atoms with van der Waals surface area (Å²) >= 11 is 0. The van der Waals surface area contributed by atoms with Crippen molar-refractivity contribution in [1.29, 1.82) is 0 Å². The molecule has 2 aromatic carbocycles. The summed E-state index contributed by atoms with van der Waals surface area (Å²) in [7, 11) is 0. The summed E-state index contributed by atoms with van der Waals surface area (Å²) in [6, 6.07) is 13.2. The van der Waals surface area contributed by atoms with E-state index in [4.69, 9.17) is 10.3 Å². The first-order valence-corrected chi connectivity index (χ1v) is 11.7. The van der Waals surface area contributed by atoms with Crippen molar-refractivity contribution in [3.63, 3.8) is 0 Å². The van der Waals surface area contributed by atoms with E-state index in [9.17, 15) is 9.90 Å². The van der Waals surface area contributed by atoms with Crippen molar-refractivity contribution in [2.24, 2.45) is 0 Å². The van der Waals surface area contributed by atoms with Gasteiger partial charge in [0.2, 0.25) is 0 Å². The Labute approximate surface area is 204 Å². The lowest BCUT2D eigenvalue weighted by Crippen LogP contribution is -2.50. The Morgan fingerprint density at radius 3 is 2.66 bits per heavy atom. The summed E-state index contributed by atoms with van der Waals surface area (Å²) in [5.41, 5.74) is 6.83. The van der Waals surface area contributed by atoms with Gasteiger partial charge in [0.1, 0.15) is 11.9 Å². The predicted molar refractivity (Wildman–Crippen MR) is 131 cm³/mol. The highest BCUT2D eigenvalue weighted by molar-refractivity contribution is 5.81. The van der Waals surface area contributed by atoms with Crippen LogP contribution in [0.4, 0.5) is 0 Å². The molecule has 3 aromatic rings. The van der Waals surface area contributed by atoms with Gasteiger partial charge in [-0.2, -0.15) is 0 Å². The quantitative estimate of drug-likeness (QED) is 0.193. The minimum atomic E-state index is -0.940. The van der Waals surface area contributed by atoms with Gasteiger partial charge in [-0.1, -0.05) is 30.0 Å². The number of hydrogen-bond acceptors (Lipinski definition) is 6. The molecule has 1 heterocycles. The fraction of sp³-hybridized carbons (Fsp3) is 0.333. The first-order chi connectivity index (χ1) is 17.0. The summed E-state index contributed by atoms with van der Waals surface area (Å²) in [6.07, 6.45) is 4.90. The zero-order valence-electron chi connectivity index (χ0n) is 19.6. The number of amides is 1. The van der Waals surface area contributed by atoms with Crippen molar-refractivity contribution in [1.82, 2.24) is 20.3 Å². The molecule has 0 saturated carbocycles. The Bertz CT molecular complexity index is 1220. The zero-order valence-corrected chi connectivity index (χ0v) is 19.6. The number of benzene rings is 2. The van der Waals surface area contributed by atoms with E-state index < -0.39 is 18.1 Å². The van der Waals surface area contributed by atoms with Gasteiger partial charge in [0.25, 0.3) is 5.91 Å². The number of rotatable bonds is 8. The van der Waals surface area contributed by atoms with Crippen LogP contribution in [0.1, 0.15) is 53.0 Å².